The smallest absolute Gasteiger partial charge is 0.0670 e. The van der Waals surface area contributed by atoms with Crippen LogP contribution in [0.1, 0.15) is 32.6 Å². The van der Waals surface area contributed by atoms with Gasteiger partial charge in [-0.15, -0.1) is 0 Å². The highest BCUT2D eigenvalue weighted by molar-refractivity contribution is 9.10. The van der Waals surface area contributed by atoms with Gasteiger partial charge in [0.15, 0.2) is 0 Å². The van der Waals surface area contributed by atoms with Gasteiger partial charge in [0.2, 0.25) is 0 Å². The molecule has 0 bridgehead atoms. The zero-order valence-corrected chi connectivity index (χ0v) is 13.4. The molecule has 19 heavy (non-hydrogen) atoms. The van der Waals surface area contributed by atoms with Crippen LogP contribution in [0.3, 0.4) is 0 Å². The van der Waals surface area contributed by atoms with Gasteiger partial charge in [-0.05, 0) is 60.3 Å². The van der Waals surface area contributed by atoms with Gasteiger partial charge in [-0.3, -0.25) is 0 Å². The van der Waals surface area contributed by atoms with E-state index in [1.807, 2.05) is 12.1 Å². The van der Waals surface area contributed by atoms with Crippen LogP contribution in [0.4, 0.5) is 5.69 Å². The normalized spacial score (nSPS) is 27.7. The number of benzene rings is 1. The van der Waals surface area contributed by atoms with Crippen molar-refractivity contribution in [2.24, 2.45) is 5.41 Å². The van der Waals surface area contributed by atoms with Gasteiger partial charge in [-0.25, -0.2) is 0 Å². The van der Waals surface area contributed by atoms with Crippen molar-refractivity contribution in [2.75, 3.05) is 11.9 Å². The van der Waals surface area contributed by atoms with Crippen LogP contribution in [0.2, 0.25) is 5.02 Å². The Bertz CT molecular complexity index is 475. The molecule has 0 heterocycles. The number of nitrogens with one attached hydrogen (secondary N) is 1. The molecule has 4 heteroatoms. The van der Waals surface area contributed by atoms with Gasteiger partial charge in [0.25, 0.3) is 0 Å². The Kier molecular flexibility index (Phi) is 3.80. The highest BCUT2D eigenvalue weighted by Gasteiger charge is 2.58. The lowest BCUT2D eigenvalue weighted by Gasteiger charge is -2.61. The Morgan fingerprint density at radius 3 is 2.84 bits per heavy atom. The monoisotopic (exact) mass is 343 g/mol. The standard InChI is InChI=1S/C15H19BrClNO/c1-2-19-14-9-13(15(14)6-3-7-15)18-10-4-5-12(17)11(16)8-10/h4-5,8,13-14,18H,2-3,6-7,9H2,1H3. The minimum atomic E-state index is 0.391. The van der Waals surface area contributed by atoms with Crippen LogP contribution in [0.5, 0.6) is 0 Å². The number of hydrogen-bond acceptors (Lipinski definition) is 2. The molecule has 0 aromatic heterocycles. The summed E-state index contributed by atoms with van der Waals surface area (Å²) in [6, 6.07) is 6.59. The van der Waals surface area contributed by atoms with Gasteiger partial charge in [0, 0.05) is 28.2 Å². The second kappa shape index (κ2) is 5.27. The summed E-state index contributed by atoms with van der Waals surface area (Å²) in [5.41, 5.74) is 1.53. The molecule has 2 nitrogen and oxygen atoms in total. The van der Waals surface area contributed by atoms with E-state index in [0.29, 0.717) is 17.6 Å². The second-order valence-electron chi connectivity index (χ2n) is 5.59. The summed E-state index contributed by atoms with van der Waals surface area (Å²) >= 11 is 9.50. The summed E-state index contributed by atoms with van der Waals surface area (Å²) in [5, 5.41) is 4.41. The van der Waals surface area contributed by atoms with Crippen molar-refractivity contribution >= 4 is 33.2 Å². The first-order valence-corrected chi connectivity index (χ1v) is 8.16. The SMILES string of the molecule is CCOC1CC(Nc2ccc(Cl)c(Br)c2)C12CCC2. The molecule has 104 valence electrons. The average molecular weight is 345 g/mol. The maximum Gasteiger partial charge on any atom is 0.0670 e. The van der Waals surface area contributed by atoms with Crippen LogP contribution >= 0.6 is 27.5 Å². The van der Waals surface area contributed by atoms with Crippen LogP contribution in [-0.2, 0) is 4.74 Å². The van der Waals surface area contributed by atoms with E-state index in [4.69, 9.17) is 16.3 Å². The van der Waals surface area contributed by atoms with Crippen LogP contribution in [0.15, 0.2) is 22.7 Å². The minimum absolute atomic E-state index is 0.391. The van der Waals surface area contributed by atoms with Gasteiger partial charge in [0.05, 0.1) is 11.1 Å². The third-order valence-corrected chi connectivity index (χ3v) is 5.91. The fourth-order valence-corrected chi connectivity index (χ4v) is 3.92. The number of hydrogen-bond donors (Lipinski definition) is 1. The molecule has 2 fully saturated rings. The van der Waals surface area contributed by atoms with E-state index in [2.05, 4.69) is 34.2 Å². The highest BCUT2D eigenvalue weighted by Crippen LogP contribution is 2.58. The second-order valence-corrected chi connectivity index (χ2v) is 6.85. The Balaban J connectivity index is 1.69. The summed E-state index contributed by atoms with van der Waals surface area (Å²) in [4.78, 5) is 0. The van der Waals surface area contributed by atoms with Gasteiger partial charge in [0.1, 0.15) is 0 Å². The van der Waals surface area contributed by atoms with Crippen LogP contribution in [-0.4, -0.2) is 18.8 Å². The molecule has 0 amide bonds. The Hall–Kier alpha value is -0.250. The van der Waals surface area contributed by atoms with Gasteiger partial charge < -0.3 is 10.1 Å². The first-order chi connectivity index (χ1) is 9.15. The molecule has 2 saturated carbocycles. The molecule has 2 aliphatic carbocycles. The van der Waals surface area contributed by atoms with Crippen LogP contribution < -0.4 is 5.32 Å². The minimum Gasteiger partial charge on any atom is -0.382 e. The lowest BCUT2D eigenvalue weighted by Crippen LogP contribution is -2.64. The third kappa shape index (κ3) is 2.30. The van der Waals surface area contributed by atoms with Crippen molar-refractivity contribution in [3.8, 4) is 0 Å². The molecule has 3 rings (SSSR count). The van der Waals surface area contributed by atoms with Gasteiger partial charge >= 0.3 is 0 Å². The maximum atomic E-state index is 6.03. The summed E-state index contributed by atoms with van der Waals surface area (Å²) in [5.74, 6) is 0. The zero-order valence-electron chi connectivity index (χ0n) is 11.1. The van der Waals surface area contributed by atoms with E-state index in [1.54, 1.807) is 0 Å². The van der Waals surface area contributed by atoms with Crippen LogP contribution in [0, 0.1) is 5.41 Å². The number of rotatable bonds is 4. The third-order valence-electron chi connectivity index (χ3n) is 4.70. The summed E-state index contributed by atoms with van der Waals surface area (Å²) in [7, 11) is 0. The molecular formula is C15H19BrClNO. The highest BCUT2D eigenvalue weighted by atomic mass is 79.9. The first-order valence-electron chi connectivity index (χ1n) is 6.99. The van der Waals surface area contributed by atoms with E-state index >= 15 is 0 Å². The molecule has 0 radical (unpaired) electrons. The molecule has 1 spiro atoms. The lowest BCUT2D eigenvalue weighted by molar-refractivity contribution is -0.157. The molecule has 1 N–H and O–H groups in total. The average Bonchev–Trinajstić information content (AvgIpc) is 2.30. The maximum absolute atomic E-state index is 6.03. The van der Waals surface area contributed by atoms with E-state index in [0.717, 1.165) is 28.2 Å². The largest absolute Gasteiger partial charge is 0.382 e. The van der Waals surface area contributed by atoms with Crippen molar-refractivity contribution in [3.05, 3.63) is 27.7 Å². The van der Waals surface area contributed by atoms with Crippen molar-refractivity contribution in [2.45, 2.75) is 44.8 Å². The molecule has 1 aromatic rings. The lowest BCUT2D eigenvalue weighted by atomic mass is 9.51. The molecule has 2 aliphatic rings. The Morgan fingerprint density at radius 2 is 2.26 bits per heavy atom. The predicted octanol–water partition coefficient (Wildman–Crippen LogP) is 4.86. The van der Waals surface area contributed by atoms with Crippen LogP contribution in [0.25, 0.3) is 0 Å². The predicted molar refractivity (Wildman–Crippen MR) is 82.9 cm³/mol. The molecule has 2 atom stereocenters. The summed E-state index contributed by atoms with van der Waals surface area (Å²) in [6.45, 7) is 2.91. The van der Waals surface area contributed by atoms with E-state index in [9.17, 15) is 0 Å². The molecular weight excluding hydrogens is 326 g/mol. The Labute approximate surface area is 128 Å². The molecule has 1 aromatic carbocycles. The molecule has 2 unspecified atom stereocenters. The molecule has 0 saturated heterocycles. The van der Waals surface area contributed by atoms with Crippen molar-refractivity contribution in [1.82, 2.24) is 0 Å². The topological polar surface area (TPSA) is 21.3 Å². The fourth-order valence-electron chi connectivity index (χ4n) is 3.43. The first kappa shape index (κ1) is 13.7. The van der Waals surface area contributed by atoms with Crippen molar-refractivity contribution in [1.29, 1.82) is 0 Å². The zero-order chi connectivity index (χ0) is 13.5. The van der Waals surface area contributed by atoms with Gasteiger partial charge in [-0.1, -0.05) is 18.0 Å². The van der Waals surface area contributed by atoms with E-state index < -0.39 is 0 Å². The van der Waals surface area contributed by atoms with Gasteiger partial charge in [-0.2, -0.15) is 0 Å². The quantitative estimate of drug-likeness (QED) is 0.842. The molecule has 0 aliphatic heterocycles. The summed E-state index contributed by atoms with van der Waals surface area (Å²) in [6.07, 6.45) is 5.51. The fraction of sp³-hybridized carbons (Fsp3) is 0.600. The van der Waals surface area contributed by atoms with E-state index in [1.165, 1.54) is 19.3 Å². The summed E-state index contributed by atoms with van der Waals surface area (Å²) < 4.78 is 6.82. The van der Waals surface area contributed by atoms with Crippen molar-refractivity contribution in [3.63, 3.8) is 0 Å². The number of ether oxygens (including phenoxy) is 1. The number of anilines is 1. The van der Waals surface area contributed by atoms with E-state index in [-0.39, 0.29) is 0 Å². The number of halogens is 2. The van der Waals surface area contributed by atoms with Crippen molar-refractivity contribution < 1.29 is 4.74 Å². The Morgan fingerprint density at radius 1 is 1.47 bits per heavy atom.